The highest BCUT2D eigenvalue weighted by molar-refractivity contribution is 4.85. The molecule has 0 saturated heterocycles. The van der Waals surface area contributed by atoms with Gasteiger partial charge in [0, 0.05) is 0 Å². The Balaban J connectivity index is 3.73. The molecule has 0 radical (unpaired) electrons. The summed E-state index contributed by atoms with van der Waals surface area (Å²) in [7, 11) is 0. The molecule has 12 heavy (non-hydrogen) atoms. The highest BCUT2D eigenvalue weighted by Gasteiger charge is 2.13. The Bertz CT molecular complexity index is 170. The van der Waals surface area contributed by atoms with E-state index >= 15 is 0 Å². The molecular weight excluding hydrogens is 154 g/mol. The van der Waals surface area contributed by atoms with Crippen molar-refractivity contribution in [3.63, 3.8) is 0 Å². The van der Waals surface area contributed by atoms with Gasteiger partial charge in [0.05, 0.1) is 6.04 Å². The van der Waals surface area contributed by atoms with Crippen LogP contribution in [-0.2, 0) is 9.47 Å². The zero-order valence-electron chi connectivity index (χ0n) is 7.12. The summed E-state index contributed by atoms with van der Waals surface area (Å²) in [4.78, 5) is 0. The third-order valence-electron chi connectivity index (χ3n) is 1.09. The molecule has 3 nitrogen and oxygen atoms in total. The van der Waals surface area contributed by atoms with Crippen molar-refractivity contribution in [1.82, 2.24) is 0 Å². The smallest absolute Gasteiger partial charge is 0.174 e. The van der Waals surface area contributed by atoms with Crippen molar-refractivity contribution in [2.45, 2.75) is 19.3 Å². The van der Waals surface area contributed by atoms with Crippen LogP contribution < -0.4 is 5.73 Å². The Morgan fingerprint density at radius 1 is 1.25 bits per heavy atom. The molecule has 0 fully saturated rings. The highest BCUT2D eigenvalue weighted by Crippen LogP contribution is 1.98. The summed E-state index contributed by atoms with van der Waals surface area (Å²) in [6.45, 7) is 2.12. The second-order valence-electron chi connectivity index (χ2n) is 2.26. The van der Waals surface area contributed by atoms with E-state index in [9.17, 15) is 0 Å². The van der Waals surface area contributed by atoms with Gasteiger partial charge < -0.3 is 15.2 Å². The number of terminal acetylenes is 2. The number of nitrogens with two attached hydrogens (primary N) is 1. The summed E-state index contributed by atoms with van der Waals surface area (Å²) < 4.78 is 10.2. The lowest BCUT2D eigenvalue weighted by atomic mass is 10.3. The molecule has 0 spiro atoms. The van der Waals surface area contributed by atoms with Crippen LogP contribution in [0.15, 0.2) is 0 Å². The summed E-state index contributed by atoms with van der Waals surface area (Å²) in [5, 5.41) is 0. The van der Waals surface area contributed by atoms with E-state index in [1.54, 1.807) is 6.92 Å². The van der Waals surface area contributed by atoms with Gasteiger partial charge in [-0.15, -0.1) is 12.8 Å². The summed E-state index contributed by atoms with van der Waals surface area (Å²) in [5.41, 5.74) is 5.53. The maximum Gasteiger partial charge on any atom is 0.174 e. The minimum absolute atomic E-state index is 0.177. The van der Waals surface area contributed by atoms with Crippen molar-refractivity contribution in [2.24, 2.45) is 5.73 Å². The summed E-state index contributed by atoms with van der Waals surface area (Å²) in [5.74, 6) is 4.64. The first kappa shape index (κ1) is 11.0. The molecular formula is C9H13NO2. The summed E-state index contributed by atoms with van der Waals surface area (Å²) in [6, 6.07) is -0.244. The Kier molecular flexibility index (Phi) is 6.14. The van der Waals surface area contributed by atoms with E-state index in [-0.39, 0.29) is 19.3 Å². The van der Waals surface area contributed by atoms with Crippen LogP contribution in [0.4, 0.5) is 0 Å². The normalized spacial score (nSPS) is 12.1. The van der Waals surface area contributed by atoms with Gasteiger partial charge in [0.1, 0.15) is 13.2 Å². The van der Waals surface area contributed by atoms with Gasteiger partial charge in [-0.3, -0.25) is 0 Å². The Morgan fingerprint density at radius 2 is 1.67 bits per heavy atom. The van der Waals surface area contributed by atoms with E-state index in [2.05, 4.69) is 11.8 Å². The van der Waals surface area contributed by atoms with Crippen molar-refractivity contribution in [3.8, 4) is 24.7 Å². The van der Waals surface area contributed by atoms with Crippen molar-refractivity contribution in [3.05, 3.63) is 0 Å². The Labute approximate surface area is 73.2 Å². The number of ether oxygens (including phenoxy) is 2. The standard InChI is InChI=1S/C9H13NO2/c1-4-6-11-9(8(3)10)12-7-5-2/h1-2,8-9H,6-7,10H2,3H3. The number of hydrogen-bond acceptors (Lipinski definition) is 3. The molecule has 1 atom stereocenters. The minimum atomic E-state index is -0.517. The molecule has 0 bridgehead atoms. The van der Waals surface area contributed by atoms with Gasteiger partial charge in [-0.1, -0.05) is 11.8 Å². The first-order chi connectivity index (χ1) is 5.72. The van der Waals surface area contributed by atoms with Crippen molar-refractivity contribution >= 4 is 0 Å². The van der Waals surface area contributed by atoms with Crippen LogP contribution in [0.1, 0.15) is 6.92 Å². The van der Waals surface area contributed by atoms with Crippen molar-refractivity contribution in [2.75, 3.05) is 13.2 Å². The molecule has 3 heteroatoms. The van der Waals surface area contributed by atoms with Crippen LogP contribution in [0.25, 0.3) is 0 Å². The fourth-order valence-corrected chi connectivity index (χ4v) is 0.612. The summed E-state index contributed by atoms with van der Waals surface area (Å²) in [6.07, 6.45) is 9.47. The molecule has 0 aliphatic heterocycles. The van der Waals surface area contributed by atoms with Gasteiger partial charge in [0.15, 0.2) is 6.29 Å². The fourth-order valence-electron chi connectivity index (χ4n) is 0.612. The second kappa shape index (κ2) is 6.69. The Morgan fingerprint density at radius 3 is 1.92 bits per heavy atom. The van der Waals surface area contributed by atoms with Gasteiger partial charge in [-0.05, 0) is 6.92 Å². The molecule has 1 unspecified atom stereocenters. The molecule has 0 aromatic heterocycles. The molecule has 0 amide bonds. The second-order valence-corrected chi connectivity index (χ2v) is 2.26. The van der Waals surface area contributed by atoms with Gasteiger partial charge in [0.25, 0.3) is 0 Å². The van der Waals surface area contributed by atoms with Crippen LogP contribution in [-0.4, -0.2) is 25.5 Å². The molecule has 0 aliphatic rings. The molecule has 0 aliphatic carbocycles. The highest BCUT2D eigenvalue weighted by atomic mass is 16.7. The van der Waals surface area contributed by atoms with E-state index < -0.39 is 6.29 Å². The van der Waals surface area contributed by atoms with Gasteiger partial charge in [0.2, 0.25) is 0 Å². The van der Waals surface area contributed by atoms with Crippen LogP contribution in [0.5, 0.6) is 0 Å². The maximum absolute atomic E-state index is 5.53. The van der Waals surface area contributed by atoms with Crippen LogP contribution >= 0.6 is 0 Å². The average Bonchev–Trinajstić information content (AvgIpc) is 2.04. The average molecular weight is 167 g/mol. The lowest BCUT2D eigenvalue weighted by molar-refractivity contribution is -0.133. The molecule has 0 rings (SSSR count). The third-order valence-corrected chi connectivity index (χ3v) is 1.09. The SMILES string of the molecule is C#CCOC(OCC#C)C(C)N. The van der Waals surface area contributed by atoms with E-state index in [1.807, 2.05) is 0 Å². The largest absolute Gasteiger partial charge is 0.338 e. The quantitative estimate of drug-likeness (QED) is 0.461. The van der Waals surface area contributed by atoms with Crippen LogP contribution in [0.2, 0.25) is 0 Å². The zero-order valence-corrected chi connectivity index (χ0v) is 7.12. The first-order valence-corrected chi connectivity index (χ1v) is 3.58. The fraction of sp³-hybridized carbons (Fsp3) is 0.556. The predicted octanol–water partition coefficient (Wildman–Crippen LogP) is -0.0407. The molecule has 0 saturated carbocycles. The van der Waals surface area contributed by atoms with E-state index in [4.69, 9.17) is 28.1 Å². The lowest BCUT2D eigenvalue weighted by Gasteiger charge is -2.19. The van der Waals surface area contributed by atoms with Gasteiger partial charge in [-0.25, -0.2) is 0 Å². The van der Waals surface area contributed by atoms with Gasteiger partial charge >= 0.3 is 0 Å². The molecule has 0 aromatic rings. The minimum Gasteiger partial charge on any atom is -0.338 e. The van der Waals surface area contributed by atoms with Gasteiger partial charge in [-0.2, -0.15) is 0 Å². The topological polar surface area (TPSA) is 44.5 Å². The Hall–Kier alpha value is -1.00. The predicted molar refractivity (Wildman–Crippen MR) is 47.0 cm³/mol. The van der Waals surface area contributed by atoms with Crippen molar-refractivity contribution < 1.29 is 9.47 Å². The molecule has 2 N–H and O–H groups in total. The van der Waals surface area contributed by atoms with Crippen LogP contribution in [0.3, 0.4) is 0 Å². The number of rotatable bonds is 5. The first-order valence-electron chi connectivity index (χ1n) is 3.58. The summed E-state index contributed by atoms with van der Waals surface area (Å²) >= 11 is 0. The third kappa shape index (κ3) is 4.76. The van der Waals surface area contributed by atoms with E-state index in [0.29, 0.717) is 0 Å². The molecule has 0 heterocycles. The van der Waals surface area contributed by atoms with E-state index in [1.165, 1.54) is 0 Å². The molecule has 0 aromatic carbocycles. The number of hydrogen-bond donors (Lipinski definition) is 1. The molecule has 66 valence electrons. The monoisotopic (exact) mass is 167 g/mol. The lowest BCUT2D eigenvalue weighted by Crippen LogP contribution is -2.36. The van der Waals surface area contributed by atoms with E-state index in [0.717, 1.165) is 0 Å². The van der Waals surface area contributed by atoms with Crippen LogP contribution in [0, 0.1) is 24.7 Å². The zero-order chi connectivity index (χ0) is 9.40. The maximum atomic E-state index is 5.53. The van der Waals surface area contributed by atoms with Crippen molar-refractivity contribution in [1.29, 1.82) is 0 Å².